The molecule has 0 atom stereocenters. The van der Waals surface area contributed by atoms with E-state index in [0.717, 1.165) is 50.3 Å². The number of phenolic OH excluding ortho intramolecular Hbond substituents is 1. The normalized spacial score (nSPS) is 11.2. The molecule has 3 aromatic heterocycles. The Bertz CT molecular complexity index is 1750. The van der Waals surface area contributed by atoms with Gasteiger partial charge in [-0.05, 0) is 42.5 Å². The molecule has 0 spiro atoms. The zero-order valence-electron chi connectivity index (χ0n) is 20.0. The van der Waals surface area contributed by atoms with Crippen LogP contribution < -0.4 is 4.74 Å². The fraction of sp³-hybridized carbons (Fsp3) is 0.138. The number of ether oxygens (including phenoxy) is 1. The predicted octanol–water partition coefficient (Wildman–Crippen LogP) is 6.60. The number of fused-ring (bicyclic) bond motifs is 4. The van der Waals surface area contributed by atoms with Crippen LogP contribution in [0.3, 0.4) is 0 Å². The van der Waals surface area contributed by atoms with Crippen LogP contribution in [-0.4, -0.2) is 24.6 Å². The number of para-hydroxylation sites is 1. The SMILES string of the molecule is CCc1cc(Oc2ccc3c(C)cc(C)c(O)c3n2)[c-]c2c1c1ccccc1n2-c1cnccn1.[Pt]. The molecule has 0 saturated carbocycles. The van der Waals surface area contributed by atoms with Crippen molar-refractivity contribution in [2.45, 2.75) is 27.2 Å². The molecule has 0 bridgehead atoms. The summed E-state index contributed by atoms with van der Waals surface area (Å²) in [6.07, 6.45) is 5.92. The van der Waals surface area contributed by atoms with Gasteiger partial charge in [0.05, 0.1) is 6.20 Å². The van der Waals surface area contributed by atoms with E-state index in [1.807, 2.05) is 50.2 Å². The summed E-state index contributed by atoms with van der Waals surface area (Å²) in [5.41, 5.74) is 5.43. The average Bonchev–Trinajstić information content (AvgIpc) is 3.21. The number of rotatable bonds is 4. The molecule has 36 heavy (non-hydrogen) atoms. The van der Waals surface area contributed by atoms with Gasteiger partial charge >= 0.3 is 0 Å². The molecule has 0 fully saturated rings. The van der Waals surface area contributed by atoms with Crippen molar-refractivity contribution >= 4 is 32.7 Å². The summed E-state index contributed by atoms with van der Waals surface area (Å²) in [5, 5.41) is 13.8. The fourth-order valence-electron chi connectivity index (χ4n) is 4.81. The van der Waals surface area contributed by atoms with E-state index in [1.54, 1.807) is 18.6 Å². The van der Waals surface area contributed by atoms with E-state index in [2.05, 4.69) is 44.6 Å². The molecule has 3 heterocycles. The third-order valence-electron chi connectivity index (χ3n) is 6.44. The van der Waals surface area contributed by atoms with Crippen molar-refractivity contribution in [3.05, 3.63) is 89.9 Å². The minimum atomic E-state index is 0. The minimum Gasteiger partial charge on any atom is -0.505 e. The Kier molecular flexibility index (Phi) is 6.23. The Morgan fingerprint density at radius 2 is 1.83 bits per heavy atom. The number of pyridine rings is 1. The van der Waals surface area contributed by atoms with E-state index in [4.69, 9.17) is 4.74 Å². The summed E-state index contributed by atoms with van der Waals surface area (Å²) in [5.74, 6) is 1.84. The van der Waals surface area contributed by atoms with Gasteiger partial charge in [0, 0.05) is 56.2 Å². The molecule has 6 rings (SSSR count). The molecule has 0 aliphatic heterocycles. The molecular weight excluding hydrogens is 631 g/mol. The molecule has 3 aromatic carbocycles. The summed E-state index contributed by atoms with van der Waals surface area (Å²) in [6, 6.07) is 19.5. The average molecular weight is 655 g/mol. The topological polar surface area (TPSA) is 73.1 Å². The minimum absolute atomic E-state index is 0. The number of hydrogen-bond acceptors (Lipinski definition) is 5. The van der Waals surface area contributed by atoms with Crippen LogP contribution in [0.2, 0.25) is 0 Å². The van der Waals surface area contributed by atoms with Crippen LogP contribution in [0.1, 0.15) is 23.6 Å². The number of phenols is 1. The van der Waals surface area contributed by atoms with Crippen LogP contribution in [0.5, 0.6) is 17.4 Å². The second kappa shape index (κ2) is 9.36. The molecular formula is C29H23N4O2Pt-. The maximum Gasteiger partial charge on any atom is 0.217 e. The molecule has 0 aliphatic rings. The molecule has 0 saturated heterocycles. The predicted molar refractivity (Wildman–Crippen MR) is 138 cm³/mol. The third kappa shape index (κ3) is 3.82. The monoisotopic (exact) mass is 654 g/mol. The van der Waals surface area contributed by atoms with Gasteiger partial charge in [-0.1, -0.05) is 48.5 Å². The number of aryl methyl sites for hydroxylation is 3. The van der Waals surface area contributed by atoms with Crippen molar-refractivity contribution in [2.75, 3.05) is 0 Å². The molecule has 0 aliphatic carbocycles. The molecule has 0 radical (unpaired) electrons. The van der Waals surface area contributed by atoms with Crippen LogP contribution in [0.25, 0.3) is 38.5 Å². The quantitative estimate of drug-likeness (QED) is 0.217. The molecule has 6 nitrogen and oxygen atoms in total. The van der Waals surface area contributed by atoms with E-state index in [0.29, 0.717) is 23.0 Å². The van der Waals surface area contributed by atoms with Gasteiger partial charge in [0.15, 0.2) is 5.82 Å². The van der Waals surface area contributed by atoms with Gasteiger partial charge in [0.25, 0.3) is 0 Å². The van der Waals surface area contributed by atoms with Gasteiger partial charge in [-0.25, -0.2) is 9.97 Å². The second-order valence-electron chi connectivity index (χ2n) is 8.66. The van der Waals surface area contributed by atoms with Crippen molar-refractivity contribution in [1.29, 1.82) is 0 Å². The standard InChI is InChI=1S/C29H23N4O2.Pt/c1-4-19-14-20(35-26-10-9-21-17(2)13-18(3)29(34)28(21)32-26)15-24-27(19)22-7-5-6-8-23(22)33(24)25-16-30-11-12-31-25;/h5-14,16,34H,4H2,1-3H3;/q-1;. The second-order valence-corrected chi connectivity index (χ2v) is 8.66. The van der Waals surface area contributed by atoms with Crippen LogP contribution in [0.4, 0.5) is 0 Å². The number of nitrogens with zero attached hydrogens (tertiary/aromatic N) is 4. The van der Waals surface area contributed by atoms with E-state index in [1.165, 1.54) is 0 Å². The third-order valence-corrected chi connectivity index (χ3v) is 6.44. The zero-order chi connectivity index (χ0) is 24.1. The Morgan fingerprint density at radius 3 is 2.61 bits per heavy atom. The maximum absolute atomic E-state index is 10.6. The van der Waals surface area contributed by atoms with Gasteiger partial charge in [-0.3, -0.25) is 4.98 Å². The number of aromatic nitrogens is 4. The van der Waals surface area contributed by atoms with E-state index in [9.17, 15) is 5.11 Å². The molecule has 0 unspecified atom stereocenters. The molecule has 6 aromatic rings. The number of aromatic hydroxyl groups is 1. The van der Waals surface area contributed by atoms with Crippen LogP contribution in [0, 0.1) is 19.9 Å². The van der Waals surface area contributed by atoms with E-state index in [-0.39, 0.29) is 26.8 Å². The van der Waals surface area contributed by atoms with Crippen molar-refractivity contribution in [1.82, 2.24) is 19.5 Å². The van der Waals surface area contributed by atoms with Crippen LogP contribution >= 0.6 is 0 Å². The van der Waals surface area contributed by atoms with Gasteiger partial charge in [0.2, 0.25) is 5.88 Å². The number of hydrogen-bond donors (Lipinski definition) is 1. The Hall–Kier alpha value is -3.76. The molecule has 1 N–H and O–H groups in total. The Morgan fingerprint density at radius 1 is 1.00 bits per heavy atom. The van der Waals surface area contributed by atoms with Crippen molar-refractivity contribution in [3.8, 4) is 23.2 Å². The molecule has 0 amide bonds. The first kappa shape index (κ1) is 24.0. The summed E-state index contributed by atoms with van der Waals surface area (Å²) in [4.78, 5) is 13.5. The van der Waals surface area contributed by atoms with Crippen molar-refractivity contribution in [3.63, 3.8) is 0 Å². The van der Waals surface area contributed by atoms with E-state index < -0.39 is 0 Å². The van der Waals surface area contributed by atoms with Crippen molar-refractivity contribution in [2.24, 2.45) is 0 Å². The van der Waals surface area contributed by atoms with Gasteiger partial charge in [-0.15, -0.1) is 17.7 Å². The van der Waals surface area contributed by atoms with E-state index >= 15 is 0 Å². The van der Waals surface area contributed by atoms with Crippen LogP contribution in [0.15, 0.2) is 67.1 Å². The first-order valence-electron chi connectivity index (χ1n) is 11.6. The molecule has 182 valence electrons. The summed E-state index contributed by atoms with van der Waals surface area (Å²) >= 11 is 0. The summed E-state index contributed by atoms with van der Waals surface area (Å²) in [6.45, 7) is 6.01. The van der Waals surface area contributed by atoms with Gasteiger partial charge < -0.3 is 14.4 Å². The van der Waals surface area contributed by atoms with Gasteiger partial charge in [-0.2, -0.15) is 0 Å². The maximum atomic E-state index is 10.6. The Balaban J connectivity index is 0.00000267. The fourth-order valence-corrected chi connectivity index (χ4v) is 4.81. The Labute approximate surface area is 222 Å². The zero-order valence-corrected chi connectivity index (χ0v) is 22.3. The van der Waals surface area contributed by atoms with Gasteiger partial charge in [0.1, 0.15) is 11.3 Å². The largest absolute Gasteiger partial charge is 0.505 e. The first-order valence-corrected chi connectivity index (χ1v) is 11.6. The summed E-state index contributed by atoms with van der Waals surface area (Å²) in [7, 11) is 0. The number of benzene rings is 3. The van der Waals surface area contributed by atoms with Crippen molar-refractivity contribution < 1.29 is 30.9 Å². The smallest absolute Gasteiger partial charge is 0.217 e. The van der Waals surface area contributed by atoms with Crippen LogP contribution in [-0.2, 0) is 27.5 Å². The summed E-state index contributed by atoms with van der Waals surface area (Å²) < 4.78 is 8.30. The molecule has 7 heteroatoms. The first-order chi connectivity index (χ1) is 17.0.